The van der Waals surface area contributed by atoms with E-state index in [4.69, 9.17) is 4.98 Å². The Kier molecular flexibility index (Phi) is 5.82. The molecule has 0 spiro atoms. The van der Waals surface area contributed by atoms with Crippen molar-refractivity contribution in [2.75, 3.05) is 19.6 Å². The molecule has 0 bridgehead atoms. The zero-order valence-corrected chi connectivity index (χ0v) is 16.6. The number of fused-ring (bicyclic) bond motifs is 1. The highest BCUT2D eigenvalue weighted by Gasteiger charge is 2.22. The Balaban J connectivity index is 1.75. The van der Waals surface area contributed by atoms with Crippen LogP contribution in [0.2, 0.25) is 0 Å². The molecule has 2 heterocycles. The molecule has 6 heteroatoms. The normalized spacial score (nSPS) is 15.1. The Morgan fingerprint density at radius 3 is 2.52 bits per heavy atom. The summed E-state index contributed by atoms with van der Waals surface area (Å²) in [5, 5.41) is 2.97. The van der Waals surface area contributed by atoms with E-state index in [1.54, 1.807) is 0 Å². The van der Waals surface area contributed by atoms with E-state index in [9.17, 15) is 9.59 Å². The number of rotatable bonds is 5. The zero-order valence-electron chi connectivity index (χ0n) is 16.6. The molecular formula is C21H30N4O2. The van der Waals surface area contributed by atoms with Gasteiger partial charge in [0.25, 0.3) is 0 Å². The van der Waals surface area contributed by atoms with Crippen LogP contribution in [0.15, 0.2) is 24.3 Å². The second-order valence-corrected chi connectivity index (χ2v) is 8.30. The second kappa shape index (κ2) is 8.11. The van der Waals surface area contributed by atoms with Crippen molar-refractivity contribution in [1.82, 2.24) is 19.8 Å². The van der Waals surface area contributed by atoms with E-state index in [2.05, 4.69) is 5.32 Å². The van der Waals surface area contributed by atoms with E-state index >= 15 is 0 Å². The number of aromatic nitrogens is 2. The van der Waals surface area contributed by atoms with Gasteiger partial charge in [-0.15, -0.1) is 0 Å². The number of amides is 2. The zero-order chi connectivity index (χ0) is 19.4. The fraction of sp³-hybridized carbons (Fsp3) is 0.571. The maximum atomic E-state index is 12.8. The Morgan fingerprint density at radius 1 is 1.11 bits per heavy atom. The fourth-order valence-electron chi connectivity index (χ4n) is 3.42. The highest BCUT2D eigenvalue weighted by Crippen LogP contribution is 2.18. The summed E-state index contributed by atoms with van der Waals surface area (Å²) in [6.45, 7) is 8.21. The number of hydrogen-bond acceptors (Lipinski definition) is 3. The molecule has 0 atom stereocenters. The standard InChI is InChI=1S/C21H30N4O2/c1-21(2,3)20(27)22-12-11-18-23-16-9-5-6-10-17(16)25(18)15-19(26)24-13-7-4-8-14-24/h5-6,9-10H,4,7-8,11-15H2,1-3H3,(H,22,27). The first-order chi connectivity index (χ1) is 12.9. The lowest BCUT2D eigenvalue weighted by Gasteiger charge is -2.27. The van der Waals surface area contributed by atoms with E-state index in [0.29, 0.717) is 19.5 Å². The van der Waals surface area contributed by atoms with E-state index in [0.717, 1.165) is 42.8 Å². The SMILES string of the molecule is CC(C)(C)C(=O)NCCc1nc2ccccc2n1CC(=O)N1CCCCC1. The van der Waals surface area contributed by atoms with Gasteiger partial charge in [0.15, 0.2) is 0 Å². The molecule has 2 aromatic rings. The molecule has 1 saturated heterocycles. The Morgan fingerprint density at radius 2 is 1.81 bits per heavy atom. The van der Waals surface area contributed by atoms with Gasteiger partial charge in [0.05, 0.1) is 11.0 Å². The van der Waals surface area contributed by atoms with Crippen LogP contribution in [0.4, 0.5) is 0 Å². The van der Waals surface area contributed by atoms with Crippen molar-refractivity contribution >= 4 is 22.8 Å². The first-order valence-corrected chi connectivity index (χ1v) is 9.86. The summed E-state index contributed by atoms with van der Waals surface area (Å²) in [6.07, 6.45) is 3.98. The van der Waals surface area contributed by atoms with Crippen LogP contribution in [0.3, 0.4) is 0 Å². The van der Waals surface area contributed by atoms with Gasteiger partial charge in [-0.1, -0.05) is 32.9 Å². The fourth-order valence-corrected chi connectivity index (χ4v) is 3.42. The van der Waals surface area contributed by atoms with Crippen LogP contribution in [0, 0.1) is 5.41 Å². The number of nitrogens with one attached hydrogen (secondary N) is 1. The van der Waals surface area contributed by atoms with Gasteiger partial charge < -0.3 is 14.8 Å². The average molecular weight is 370 g/mol. The average Bonchev–Trinajstić information content (AvgIpc) is 2.99. The number of carbonyl (C=O) groups is 2. The van der Waals surface area contributed by atoms with Crippen LogP contribution in [-0.4, -0.2) is 45.9 Å². The summed E-state index contributed by atoms with van der Waals surface area (Å²) in [4.78, 5) is 31.6. The van der Waals surface area contributed by atoms with Crippen molar-refractivity contribution in [2.45, 2.75) is 53.0 Å². The van der Waals surface area contributed by atoms with Crippen molar-refractivity contribution in [3.05, 3.63) is 30.1 Å². The molecule has 1 aliphatic heterocycles. The molecule has 1 aliphatic rings. The van der Waals surface area contributed by atoms with E-state index in [1.165, 1.54) is 6.42 Å². The van der Waals surface area contributed by atoms with Gasteiger partial charge in [0.2, 0.25) is 11.8 Å². The van der Waals surface area contributed by atoms with Crippen molar-refractivity contribution in [2.24, 2.45) is 5.41 Å². The predicted molar refractivity (Wildman–Crippen MR) is 106 cm³/mol. The number of carbonyl (C=O) groups excluding carboxylic acids is 2. The predicted octanol–water partition coefficient (Wildman–Crippen LogP) is 2.75. The molecule has 27 heavy (non-hydrogen) atoms. The Labute approximate surface area is 160 Å². The molecule has 1 N–H and O–H groups in total. The molecule has 0 aliphatic carbocycles. The monoisotopic (exact) mass is 370 g/mol. The minimum absolute atomic E-state index is 0.0227. The van der Waals surface area contributed by atoms with Crippen LogP contribution >= 0.6 is 0 Å². The quantitative estimate of drug-likeness (QED) is 0.880. The third kappa shape index (κ3) is 4.67. The van der Waals surface area contributed by atoms with Crippen LogP contribution in [-0.2, 0) is 22.6 Å². The number of likely N-dealkylation sites (tertiary alicyclic amines) is 1. The first kappa shape index (κ1) is 19.4. The van der Waals surface area contributed by atoms with Gasteiger partial charge in [-0.25, -0.2) is 4.98 Å². The highest BCUT2D eigenvalue weighted by molar-refractivity contribution is 5.82. The summed E-state index contributed by atoms with van der Waals surface area (Å²) in [5.41, 5.74) is 1.45. The highest BCUT2D eigenvalue weighted by atomic mass is 16.2. The third-order valence-corrected chi connectivity index (χ3v) is 5.05. The van der Waals surface area contributed by atoms with Crippen LogP contribution in [0.1, 0.15) is 45.9 Å². The number of para-hydroxylation sites is 2. The second-order valence-electron chi connectivity index (χ2n) is 8.30. The van der Waals surface area contributed by atoms with Crippen molar-refractivity contribution in [3.63, 3.8) is 0 Å². The molecule has 0 radical (unpaired) electrons. The number of piperidine rings is 1. The van der Waals surface area contributed by atoms with Crippen LogP contribution < -0.4 is 5.32 Å². The Bertz CT molecular complexity index is 813. The van der Waals surface area contributed by atoms with Gasteiger partial charge in [-0.3, -0.25) is 9.59 Å². The molecule has 0 unspecified atom stereocenters. The lowest BCUT2D eigenvalue weighted by Crippen LogP contribution is -2.38. The minimum atomic E-state index is -0.412. The molecule has 1 fully saturated rings. The molecule has 146 valence electrons. The van der Waals surface area contributed by atoms with Gasteiger partial charge in [-0.2, -0.15) is 0 Å². The molecule has 6 nitrogen and oxygen atoms in total. The Hall–Kier alpha value is -2.37. The summed E-state index contributed by atoms with van der Waals surface area (Å²) >= 11 is 0. The molecular weight excluding hydrogens is 340 g/mol. The maximum absolute atomic E-state index is 12.8. The molecule has 1 aromatic carbocycles. The lowest BCUT2D eigenvalue weighted by molar-refractivity contribution is -0.132. The minimum Gasteiger partial charge on any atom is -0.355 e. The van der Waals surface area contributed by atoms with E-state index in [-0.39, 0.29) is 11.8 Å². The smallest absolute Gasteiger partial charge is 0.242 e. The van der Waals surface area contributed by atoms with Gasteiger partial charge in [0, 0.05) is 31.5 Å². The van der Waals surface area contributed by atoms with Crippen molar-refractivity contribution < 1.29 is 9.59 Å². The summed E-state index contributed by atoms with van der Waals surface area (Å²) in [5.74, 6) is 1.02. The summed E-state index contributed by atoms with van der Waals surface area (Å²) in [6, 6.07) is 7.89. The van der Waals surface area contributed by atoms with Crippen LogP contribution in [0.25, 0.3) is 11.0 Å². The maximum Gasteiger partial charge on any atom is 0.242 e. The third-order valence-electron chi connectivity index (χ3n) is 5.05. The van der Waals surface area contributed by atoms with E-state index < -0.39 is 5.41 Å². The topological polar surface area (TPSA) is 67.2 Å². The lowest BCUT2D eigenvalue weighted by atomic mass is 9.96. The number of benzene rings is 1. The van der Waals surface area contributed by atoms with Gasteiger partial charge in [-0.05, 0) is 31.4 Å². The van der Waals surface area contributed by atoms with Gasteiger partial charge in [0.1, 0.15) is 12.4 Å². The largest absolute Gasteiger partial charge is 0.355 e. The number of hydrogen-bond donors (Lipinski definition) is 1. The number of imidazole rings is 1. The first-order valence-electron chi connectivity index (χ1n) is 9.86. The van der Waals surface area contributed by atoms with Crippen molar-refractivity contribution in [3.8, 4) is 0 Å². The van der Waals surface area contributed by atoms with E-state index in [1.807, 2.05) is 54.5 Å². The van der Waals surface area contributed by atoms with Crippen LogP contribution in [0.5, 0.6) is 0 Å². The van der Waals surface area contributed by atoms with Crippen molar-refractivity contribution in [1.29, 1.82) is 0 Å². The molecule has 3 rings (SSSR count). The van der Waals surface area contributed by atoms with Gasteiger partial charge >= 0.3 is 0 Å². The molecule has 0 saturated carbocycles. The molecule has 1 aromatic heterocycles. The molecule has 2 amide bonds. The summed E-state index contributed by atoms with van der Waals surface area (Å²) in [7, 11) is 0. The summed E-state index contributed by atoms with van der Waals surface area (Å²) < 4.78 is 2.01. The number of nitrogens with zero attached hydrogens (tertiary/aromatic N) is 3.